The summed E-state index contributed by atoms with van der Waals surface area (Å²) in [4.78, 5) is 83.5. The number of benzene rings is 2. The van der Waals surface area contributed by atoms with Gasteiger partial charge in [-0.1, -0.05) is 37.1 Å². The first kappa shape index (κ1) is 55.4. The fourth-order valence-corrected chi connectivity index (χ4v) is 13.8. The zero-order chi connectivity index (χ0) is 56.3. The number of rotatable bonds is 13. The maximum absolute atomic E-state index is 14.8. The summed E-state index contributed by atoms with van der Waals surface area (Å²) < 4.78 is 22.4. The number of aliphatic hydroxyl groups is 2. The fourth-order valence-electron chi connectivity index (χ4n) is 13.4. The van der Waals surface area contributed by atoms with Gasteiger partial charge in [0.1, 0.15) is 17.8 Å². The quantitative estimate of drug-likeness (QED) is 0.0566. The van der Waals surface area contributed by atoms with Gasteiger partial charge in [0, 0.05) is 109 Å². The molecule has 5 aliphatic heterocycles. The van der Waals surface area contributed by atoms with Crippen LogP contribution in [0.3, 0.4) is 0 Å². The first-order valence-electron chi connectivity index (χ1n) is 27.9. The van der Waals surface area contributed by atoms with Crippen LogP contribution >= 0.6 is 7.82 Å². The van der Waals surface area contributed by atoms with Crippen LogP contribution in [-0.2, 0) is 25.3 Å². The molecule has 5 aromatic rings. The second-order valence-electron chi connectivity index (χ2n) is 23.9. The summed E-state index contributed by atoms with van der Waals surface area (Å²) in [6, 6.07) is 13.0. The van der Waals surface area contributed by atoms with E-state index in [1.165, 1.54) is 11.0 Å². The summed E-state index contributed by atoms with van der Waals surface area (Å²) in [5, 5.41) is 38.0. The molecule has 0 bridgehead atoms. The highest BCUT2D eigenvalue weighted by Gasteiger charge is 2.56. The molecule has 1 spiro atoms. The van der Waals surface area contributed by atoms with Gasteiger partial charge < -0.3 is 54.7 Å². The number of amides is 4. The molecule has 424 valence electrons. The Kier molecular flexibility index (Phi) is 15.1. The predicted molar refractivity (Wildman–Crippen MR) is 297 cm³/mol. The Labute approximate surface area is 465 Å². The van der Waals surface area contributed by atoms with Gasteiger partial charge in [-0.3, -0.25) is 19.4 Å². The number of carbonyl (C=O) groups is 3. The van der Waals surface area contributed by atoms with Crippen molar-refractivity contribution < 1.29 is 48.2 Å². The van der Waals surface area contributed by atoms with Gasteiger partial charge in [0.05, 0.1) is 29.5 Å². The van der Waals surface area contributed by atoms with E-state index in [0.29, 0.717) is 92.5 Å². The number of hydrogen-bond donors (Lipinski definition) is 7. The number of anilines is 1. The molecular weight excluding hydrogens is 1040 g/mol. The highest BCUT2D eigenvalue weighted by molar-refractivity contribution is 7.46. The summed E-state index contributed by atoms with van der Waals surface area (Å²) >= 11 is 0. The first-order valence-corrected chi connectivity index (χ1v) is 29.4. The first-order chi connectivity index (χ1) is 38.2. The maximum Gasteiger partial charge on any atom is 0.524 e. The smallest absolute Gasteiger partial charge is 0.404 e. The lowest BCUT2D eigenvalue weighted by molar-refractivity contribution is -0.145. The van der Waals surface area contributed by atoms with Crippen LogP contribution in [0.1, 0.15) is 126 Å². The topological polar surface area (TPSA) is 272 Å². The second kappa shape index (κ2) is 21.8. The average Bonchev–Trinajstić information content (AvgIpc) is 4.00. The van der Waals surface area contributed by atoms with Gasteiger partial charge >= 0.3 is 13.9 Å². The van der Waals surface area contributed by atoms with E-state index < -0.39 is 54.9 Å². The van der Waals surface area contributed by atoms with Crippen LogP contribution < -0.4 is 20.1 Å². The van der Waals surface area contributed by atoms with Crippen molar-refractivity contribution in [3.63, 3.8) is 0 Å². The molecule has 2 aromatic carbocycles. The lowest BCUT2D eigenvalue weighted by Crippen LogP contribution is -2.70. The van der Waals surface area contributed by atoms with Crippen molar-refractivity contribution in [3.05, 3.63) is 94.9 Å². The van der Waals surface area contributed by atoms with Crippen LogP contribution in [0.15, 0.2) is 67.0 Å². The highest BCUT2D eigenvalue weighted by atomic mass is 31.2. The number of piperidine rings is 1. The van der Waals surface area contributed by atoms with Gasteiger partial charge in [0.15, 0.2) is 5.65 Å². The molecule has 8 heterocycles. The van der Waals surface area contributed by atoms with Crippen LogP contribution in [0.25, 0.3) is 22.3 Å². The van der Waals surface area contributed by atoms with E-state index in [-0.39, 0.29) is 36.2 Å². The zero-order valence-electron chi connectivity index (χ0n) is 46.0. The number of carbonyl (C=O) groups excluding carboxylic acids is 3. The maximum atomic E-state index is 14.8. The number of ether oxygens (including phenoxy) is 1. The van der Waals surface area contributed by atoms with Crippen molar-refractivity contribution in [2.75, 3.05) is 57.4 Å². The number of nitrogens with zero attached hydrogens (tertiary/aromatic N) is 8. The van der Waals surface area contributed by atoms with Crippen molar-refractivity contribution in [1.29, 1.82) is 0 Å². The minimum atomic E-state index is -4.81. The lowest BCUT2D eigenvalue weighted by Gasteiger charge is -2.61. The Balaban J connectivity index is 0.680. The van der Waals surface area contributed by atoms with E-state index in [1.807, 2.05) is 49.6 Å². The van der Waals surface area contributed by atoms with E-state index in [0.717, 1.165) is 66.5 Å². The number of urea groups is 1. The molecule has 1 saturated carbocycles. The van der Waals surface area contributed by atoms with Gasteiger partial charge in [0.25, 0.3) is 0 Å². The van der Waals surface area contributed by atoms with Crippen LogP contribution in [0.4, 0.5) is 10.7 Å². The molecule has 21 nitrogen and oxygen atoms in total. The Hall–Kier alpha value is -6.50. The molecule has 7 N–H and O–H groups in total. The summed E-state index contributed by atoms with van der Waals surface area (Å²) in [5.74, 6) is 5.96. The predicted octanol–water partition coefficient (Wildman–Crippen LogP) is 5.51. The Morgan fingerprint density at radius 1 is 0.975 bits per heavy atom. The summed E-state index contributed by atoms with van der Waals surface area (Å²) in [5.41, 5.74) is 4.16. The third kappa shape index (κ3) is 11.2. The minimum absolute atomic E-state index is 0.0137. The number of aliphatic hydroxyl groups excluding tert-OH is 1. The van der Waals surface area contributed by atoms with Crippen LogP contribution in [0.2, 0.25) is 0 Å². The number of hydrogen-bond acceptors (Lipinski definition) is 14. The largest absolute Gasteiger partial charge is 0.524 e. The molecule has 0 radical (unpaired) electrons. The van der Waals surface area contributed by atoms with E-state index in [4.69, 9.17) is 19.2 Å². The van der Waals surface area contributed by atoms with Crippen molar-refractivity contribution in [1.82, 2.24) is 50.5 Å². The van der Waals surface area contributed by atoms with Crippen molar-refractivity contribution >= 4 is 42.6 Å². The zero-order valence-corrected chi connectivity index (χ0v) is 46.9. The van der Waals surface area contributed by atoms with Gasteiger partial charge in [-0.25, -0.2) is 19.3 Å². The molecule has 4 amide bonds. The van der Waals surface area contributed by atoms with E-state index in [1.54, 1.807) is 43.9 Å². The molecule has 2 unspecified atom stereocenters. The van der Waals surface area contributed by atoms with Crippen LogP contribution in [0.5, 0.6) is 5.75 Å². The fraction of sp³-hybridized carbons (Fsp3) is 0.534. The summed E-state index contributed by atoms with van der Waals surface area (Å²) in [7, 11) is -4.81. The van der Waals surface area contributed by atoms with Gasteiger partial charge in [-0.2, -0.15) is 0 Å². The normalized spacial score (nSPS) is 23.1. The molecule has 5 atom stereocenters. The molecule has 6 aliphatic rings. The van der Waals surface area contributed by atoms with E-state index in [2.05, 4.69) is 54.4 Å². The lowest BCUT2D eigenvalue weighted by atomic mass is 9.60. The number of phosphoric acid groups is 1. The monoisotopic (exact) mass is 1110 g/mol. The third-order valence-corrected chi connectivity index (χ3v) is 18.3. The number of phosphoric ester groups is 1. The van der Waals surface area contributed by atoms with E-state index >= 15 is 0 Å². The summed E-state index contributed by atoms with van der Waals surface area (Å²) in [6.07, 6.45) is 8.78. The standard InChI is InChI=1S/C58H72N11O10P/c1-6-9-36-12-14-38(15-13-36)49(56(3,4)74)62-52(71)46-26-41(70)32-69(46)53(72)50(57(5)19-24-78-25-20-57)63-55(73)67-33-58(34-67)28-40(29-58)66-21-16-37(17-22-66)39-30-59-54(60-31-39)68-23-18-44-48(35(68)2)43-27-45(64-65-51(43)61-44)42-10-7-8-11-47(42)79-80(75,76)77/h7-8,10-15,27,30-31,35,37,40-41,46,49-50,70,74H,16-26,28-29,32-34H2,1-5H3,(H,61,65)(H,62,71)(H,63,73)(H2,75,76,77)/t35-,41-,46+,49?,50?/m1/s1. The molecule has 80 heavy (non-hydrogen) atoms. The number of aromatic amines is 1. The number of aromatic nitrogens is 5. The molecule has 1 aliphatic carbocycles. The molecule has 4 saturated heterocycles. The van der Waals surface area contributed by atoms with Crippen LogP contribution in [-0.4, -0.2) is 160 Å². The molecular formula is C58H72N11O10P. The molecule has 22 heteroatoms. The number of likely N-dealkylation sites (tertiary alicyclic amines) is 3. The minimum Gasteiger partial charge on any atom is -0.404 e. The van der Waals surface area contributed by atoms with Gasteiger partial charge in [-0.05, 0) is 127 Å². The van der Waals surface area contributed by atoms with E-state index in [9.17, 15) is 38.9 Å². The summed E-state index contributed by atoms with van der Waals surface area (Å²) in [6.45, 7) is 13.7. The van der Waals surface area contributed by atoms with Gasteiger partial charge in [0.2, 0.25) is 17.8 Å². The third-order valence-electron chi connectivity index (χ3n) is 17.9. The van der Waals surface area contributed by atoms with Crippen molar-refractivity contribution in [2.24, 2.45) is 10.8 Å². The number of H-pyrrole nitrogens is 1. The SMILES string of the molecule is CC#Cc1ccc(C(NC(=O)[C@@H]2C[C@@H](O)CN2C(=O)C(NC(=O)N2CC3(CC(N4CCC(c5cnc(N6CCc7[nH]c8nnc(-c9ccccc9OP(=O)(O)O)cc8c7[C@H]6C)nc5)CC4)C3)C2)C2(C)CCOCC2)C(C)(C)O)cc1. The molecule has 3 aromatic heterocycles. The number of para-hydroxylation sites is 1. The average molecular weight is 1110 g/mol. The van der Waals surface area contributed by atoms with Gasteiger partial charge in [-0.15, -0.1) is 16.1 Å². The molecule has 11 rings (SSSR count). The second-order valence-corrected chi connectivity index (χ2v) is 25.1. The molecule has 5 fully saturated rings. The Morgan fingerprint density at radius 2 is 1.68 bits per heavy atom. The number of fused-ring (bicyclic) bond motifs is 3. The van der Waals surface area contributed by atoms with Crippen molar-refractivity contribution in [2.45, 2.75) is 134 Å². The Bertz CT molecular complexity index is 3230. The number of β-amino-alcohol motifs (C(OH)–C–C–N with tert-alkyl or cyclic N) is 1. The number of nitrogens with one attached hydrogen (secondary N) is 3. The van der Waals surface area contributed by atoms with Crippen molar-refractivity contribution in [3.8, 4) is 28.8 Å². The highest BCUT2D eigenvalue weighted by Crippen LogP contribution is 2.51. The van der Waals surface area contributed by atoms with Crippen LogP contribution in [0, 0.1) is 22.7 Å². The Morgan fingerprint density at radius 3 is 2.35 bits per heavy atom.